The van der Waals surface area contributed by atoms with Crippen molar-refractivity contribution >= 4 is 22.9 Å². The Morgan fingerprint density at radius 2 is 2.43 bits per heavy atom. The SMILES string of the molecule is Cc1sc(C(=O)N[C@@H](C)CO)cc1N. The van der Waals surface area contributed by atoms with E-state index in [-0.39, 0.29) is 18.6 Å². The molecule has 1 atom stereocenters. The Morgan fingerprint density at radius 1 is 1.79 bits per heavy atom. The highest BCUT2D eigenvalue weighted by atomic mass is 32.1. The Balaban J connectivity index is 2.70. The van der Waals surface area contributed by atoms with Crippen LogP contribution in [0.3, 0.4) is 0 Å². The number of nitrogens with one attached hydrogen (secondary N) is 1. The molecule has 0 saturated heterocycles. The van der Waals surface area contributed by atoms with Crippen LogP contribution in [0.25, 0.3) is 0 Å². The molecular weight excluding hydrogens is 200 g/mol. The van der Waals surface area contributed by atoms with Gasteiger partial charge in [-0.3, -0.25) is 4.79 Å². The molecule has 0 aromatic carbocycles. The zero-order valence-electron chi connectivity index (χ0n) is 8.20. The molecule has 0 spiro atoms. The van der Waals surface area contributed by atoms with Crippen LogP contribution in [0, 0.1) is 6.92 Å². The van der Waals surface area contributed by atoms with E-state index in [1.54, 1.807) is 13.0 Å². The summed E-state index contributed by atoms with van der Waals surface area (Å²) >= 11 is 1.36. The van der Waals surface area contributed by atoms with E-state index in [1.165, 1.54) is 11.3 Å². The van der Waals surface area contributed by atoms with E-state index in [9.17, 15) is 4.79 Å². The molecule has 5 heteroatoms. The van der Waals surface area contributed by atoms with E-state index in [1.807, 2.05) is 6.92 Å². The minimum atomic E-state index is -0.230. The number of nitrogens with two attached hydrogens (primary N) is 1. The van der Waals surface area contributed by atoms with Gasteiger partial charge in [-0.25, -0.2) is 0 Å². The number of anilines is 1. The monoisotopic (exact) mass is 214 g/mol. The minimum absolute atomic E-state index is 0.0639. The van der Waals surface area contributed by atoms with Gasteiger partial charge >= 0.3 is 0 Å². The number of aryl methyl sites for hydroxylation is 1. The first-order valence-electron chi connectivity index (χ1n) is 4.32. The third-order valence-corrected chi connectivity index (χ3v) is 2.90. The minimum Gasteiger partial charge on any atom is -0.398 e. The lowest BCUT2D eigenvalue weighted by Crippen LogP contribution is -2.34. The summed E-state index contributed by atoms with van der Waals surface area (Å²) in [7, 11) is 0. The molecule has 1 rings (SSSR count). The lowest BCUT2D eigenvalue weighted by Gasteiger charge is -2.08. The van der Waals surface area contributed by atoms with E-state index in [0.29, 0.717) is 10.6 Å². The predicted molar refractivity (Wildman–Crippen MR) is 57.5 cm³/mol. The number of carbonyl (C=O) groups excluding carboxylic acids is 1. The van der Waals surface area contributed by atoms with Gasteiger partial charge in [0.1, 0.15) is 0 Å². The van der Waals surface area contributed by atoms with Crippen molar-refractivity contribution in [3.8, 4) is 0 Å². The number of thiophene rings is 1. The number of hydrogen-bond donors (Lipinski definition) is 3. The van der Waals surface area contributed by atoms with Crippen molar-refractivity contribution in [3.63, 3.8) is 0 Å². The molecule has 0 aliphatic heterocycles. The molecule has 1 aromatic rings. The number of carbonyl (C=O) groups is 1. The Hall–Kier alpha value is -1.07. The first-order chi connectivity index (χ1) is 6.54. The van der Waals surface area contributed by atoms with Crippen molar-refractivity contribution in [3.05, 3.63) is 15.8 Å². The van der Waals surface area contributed by atoms with Crippen LogP contribution in [-0.2, 0) is 0 Å². The molecule has 0 saturated carbocycles. The van der Waals surface area contributed by atoms with Crippen molar-refractivity contribution in [2.24, 2.45) is 0 Å². The van der Waals surface area contributed by atoms with Gasteiger partial charge in [0, 0.05) is 16.6 Å². The zero-order valence-corrected chi connectivity index (χ0v) is 9.02. The molecule has 1 aromatic heterocycles. The van der Waals surface area contributed by atoms with Gasteiger partial charge in [0.05, 0.1) is 11.5 Å². The topological polar surface area (TPSA) is 75.3 Å². The van der Waals surface area contributed by atoms with E-state index in [4.69, 9.17) is 10.8 Å². The number of aliphatic hydroxyl groups excluding tert-OH is 1. The van der Waals surface area contributed by atoms with Crippen LogP contribution in [-0.4, -0.2) is 23.7 Å². The van der Waals surface area contributed by atoms with Gasteiger partial charge < -0.3 is 16.2 Å². The van der Waals surface area contributed by atoms with E-state index < -0.39 is 0 Å². The second kappa shape index (κ2) is 4.43. The maximum absolute atomic E-state index is 11.5. The third kappa shape index (κ3) is 2.46. The van der Waals surface area contributed by atoms with Gasteiger partial charge in [0.25, 0.3) is 5.91 Å². The molecule has 0 aliphatic rings. The van der Waals surface area contributed by atoms with Crippen LogP contribution < -0.4 is 11.1 Å². The van der Waals surface area contributed by atoms with E-state index in [0.717, 1.165) is 4.88 Å². The summed E-state index contributed by atoms with van der Waals surface area (Å²) in [6, 6.07) is 1.42. The lowest BCUT2D eigenvalue weighted by atomic mass is 10.3. The standard InChI is InChI=1S/C9H14N2O2S/c1-5(4-12)11-9(13)8-3-7(10)6(2)14-8/h3,5,12H,4,10H2,1-2H3,(H,11,13)/t5-/m0/s1. The number of aliphatic hydroxyl groups is 1. The predicted octanol–water partition coefficient (Wildman–Crippen LogP) is 0.749. The van der Waals surface area contributed by atoms with Crippen LogP contribution in [0.5, 0.6) is 0 Å². The van der Waals surface area contributed by atoms with Crippen molar-refractivity contribution in [1.29, 1.82) is 0 Å². The second-order valence-corrected chi connectivity index (χ2v) is 4.44. The zero-order chi connectivity index (χ0) is 10.7. The van der Waals surface area contributed by atoms with Crippen LogP contribution in [0.4, 0.5) is 5.69 Å². The fourth-order valence-electron chi connectivity index (χ4n) is 0.949. The molecule has 78 valence electrons. The highest BCUT2D eigenvalue weighted by Gasteiger charge is 2.12. The summed E-state index contributed by atoms with van der Waals surface area (Å²) < 4.78 is 0. The third-order valence-electron chi connectivity index (χ3n) is 1.83. The quantitative estimate of drug-likeness (QED) is 0.695. The molecule has 0 radical (unpaired) electrons. The van der Waals surface area contributed by atoms with Crippen LogP contribution >= 0.6 is 11.3 Å². The average molecular weight is 214 g/mol. The molecule has 1 amide bonds. The first kappa shape index (κ1) is 11.0. The average Bonchev–Trinajstić information content (AvgIpc) is 2.47. The summed E-state index contributed by atoms with van der Waals surface area (Å²) in [5.41, 5.74) is 6.26. The van der Waals surface area contributed by atoms with Crippen molar-refractivity contribution in [2.75, 3.05) is 12.3 Å². The summed E-state index contributed by atoms with van der Waals surface area (Å²) in [5.74, 6) is -0.184. The maximum Gasteiger partial charge on any atom is 0.261 e. The van der Waals surface area contributed by atoms with Gasteiger partial charge in [-0.05, 0) is 19.9 Å². The highest BCUT2D eigenvalue weighted by molar-refractivity contribution is 7.14. The fraction of sp³-hybridized carbons (Fsp3) is 0.444. The first-order valence-corrected chi connectivity index (χ1v) is 5.14. The summed E-state index contributed by atoms with van der Waals surface area (Å²) in [6.07, 6.45) is 0. The molecule has 0 bridgehead atoms. The fourth-order valence-corrected chi connectivity index (χ4v) is 1.79. The van der Waals surface area contributed by atoms with Gasteiger partial charge in [-0.1, -0.05) is 0 Å². The largest absolute Gasteiger partial charge is 0.398 e. The number of amides is 1. The number of rotatable bonds is 3. The molecule has 4 nitrogen and oxygen atoms in total. The van der Waals surface area contributed by atoms with Crippen LogP contribution in [0.2, 0.25) is 0 Å². The van der Waals surface area contributed by atoms with Crippen LogP contribution in [0.15, 0.2) is 6.07 Å². The summed E-state index contributed by atoms with van der Waals surface area (Å²) in [4.78, 5) is 13.0. The van der Waals surface area contributed by atoms with Crippen molar-refractivity contribution in [1.82, 2.24) is 5.32 Å². The van der Waals surface area contributed by atoms with Crippen LogP contribution in [0.1, 0.15) is 21.5 Å². The number of nitrogen functional groups attached to an aromatic ring is 1. The van der Waals surface area contributed by atoms with Gasteiger partial charge in [-0.15, -0.1) is 11.3 Å². The molecule has 0 unspecified atom stereocenters. The number of hydrogen-bond acceptors (Lipinski definition) is 4. The molecule has 14 heavy (non-hydrogen) atoms. The summed E-state index contributed by atoms with van der Waals surface area (Å²) in [6.45, 7) is 3.54. The van der Waals surface area contributed by atoms with Gasteiger partial charge in [0.2, 0.25) is 0 Å². The van der Waals surface area contributed by atoms with Gasteiger partial charge in [-0.2, -0.15) is 0 Å². The Kier molecular flexibility index (Phi) is 3.49. The van der Waals surface area contributed by atoms with Crippen molar-refractivity contribution in [2.45, 2.75) is 19.9 Å². The van der Waals surface area contributed by atoms with E-state index in [2.05, 4.69) is 5.32 Å². The molecule has 4 N–H and O–H groups in total. The molecule has 1 heterocycles. The smallest absolute Gasteiger partial charge is 0.261 e. The summed E-state index contributed by atoms with van der Waals surface area (Å²) in [5, 5.41) is 11.4. The van der Waals surface area contributed by atoms with E-state index >= 15 is 0 Å². The Bertz CT molecular complexity index is 316. The normalized spacial score (nSPS) is 12.5. The highest BCUT2D eigenvalue weighted by Crippen LogP contribution is 2.23. The van der Waals surface area contributed by atoms with Gasteiger partial charge in [0.15, 0.2) is 0 Å². The molecule has 0 fully saturated rings. The Morgan fingerprint density at radius 3 is 2.86 bits per heavy atom. The Labute approximate surface area is 86.7 Å². The van der Waals surface area contributed by atoms with Crippen molar-refractivity contribution < 1.29 is 9.90 Å². The maximum atomic E-state index is 11.5. The molecule has 0 aliphatic carbocycles. The lowest BCUT2D eigenvalue weighted by molar-refractivity contribution is 0.0926. The molecular formula is C9H14N2O2S. The second-order valence-electron chi connectivity index (χ2n) is 3.18.